The summed E-state index contributed by atoms with van der Waals surface area (Å²) in [4.78, 5) is 0. The lowest BCUT2D eigenvalue weighted by Crippen LogP contribution is -2.59. The lowest BCUT2D eigenvalue weighted by atomic mass is 9.96. The van der Waals surface area contributed by atoms with Crippen molar-refractivity contribution < 1.29 is 9.47 Å². The quantitative estimate of drug-likeness (QED) is 0.868. The van der Waals surface area contributed by atoms with Crippen molar-refractivity contribution in [3.63, 3.8) is 0 Å². The molecule has 2 aliphatic heterocycles. The topological polar surface area (TPSA) is 30.5 Å². The first-order valence-corrected chi connectivity index (χ1v) is 6.90. The minimum Gasteiger partial charge on any atom is -0.381 e. The van der Waals surface area contributed by atoms with E-state index in [0.717, 1.165) is 45.5 Å². The average molecular weight is 247 g/mol. The predicted molar refractivity (Wildman–Crippen MR) is 70.4 cm³/mol. The van der Waals surface area contributed by atoms with Gasteiger partial charge in [-0.25, -0.2) is 0 Å². The summed E-state index contributed by atoms with van der Waals surface area (Å²) in [5, 5.41) is 3.72. The summed E-state index contributed by atoms with van der Waals surface area (Å²) < 4.78 is 11.4. The molecule has 18 heavy (non-hydrogen) atoms. The van der Waals surface area contributed by atoms with Gasteiger partial charge in [0.05, 0.1) is 19.8 Å². The first-order chi connectivity index (χ1) is 8.86. The monoisotopic (exact) mass is 247 g/mol. The van der Waals surface area contributed by atoms with E-state index in [4.69, 9.17) is 9.47 Å². The standard InChI is InChI=1S/C15H21NO2/c1-2-4-13(5-3-1)12-14-6-9-18-15(16-14)7-10-17-11-8-15/h1-5,14,16H,6-12H2. The van der Waals surface area contributed by atoms with Gasteiger partial charge < -0.3 is 9.47 Å². The number of hydrogen-bond donors (Lipinski definition) is 1. The first-order valence-electron chi connectivity index (χ1n) is 6.90. The molecule has 98 valence electrons. The van der Waals surface area contributed by atoms with Crippen molar-refractivity contribution >= 4 is 0 Å². The molecule has 3 heteroatoms. The molecule has 1 N–H and O–H groups in total. The fourth-order valence-corrected chi connectivity index (χ4v) is 2.92. The number of benzene rings is 1. The fourth-order valence-electron chi connectivity index (χ4n) is 2.92. The maximum Gasteiger partial charge on any atom is 0.123 e. The molecule has 2 saturated heterocycles. The largest absolute Gasteiger partial charge is 0.381 e. The van der Waals surface area contributed by atoms with Gasteiger partial charge in [0.15, 0.2) is 0 Å². The smallest absolute Gasteiger partial charge is 0.123 e. The van der Waals surface area contributed by atoms with Crippen molar-refractivity contribution in [2.24, 2.45) is 0 Å². The Balaban J connectivity index is 1.63. The van der Waals surface area contributed by atoms with Crippen LogP contribution in [0.4, 0.5) is 0 Å². The Hall–Kier alpha value is -0.900. The van der Waals surface area contributed by atoms with Crippen molar-refractivity contribution in [2.45, 2.75) is 37.5 Å². The molecule has 2 aliphatic rings. The number of nitrogens with one attached hydrogen (secondary N) is 1. The van der Waals surface area contributed by atoms with Crippen LogP contribution < -0.4 is 5.32 Å². The molecule has 1 aromatic carbocycles. The molecule has 1 unspecified atom stereocenters. The van der Waals surface area contributed by atoms with E-state index in [1.807, 2.05) is 0 Å². The minimum atomic E-state index is -0.115. The summed E-state index contributed by atoms with van der Waals surface area (Å²) in [5.41, 5.74) is 1.29. The van der Waals surface area contributed by atoms with Gasteiger partial charge in [-0.05, 0) is 18.4 Å². The van der Waals surface area contributed by atoms with Crippen molar-refractivity contribution in [1.29, 1.82) is 0 Å². The van der Waals surface area contributed by atoms with Crippen LogP contribution in [0.3, 0.4) is 0 Å². The third-order valence-electron chi connectivity index (χ3n) is 3.94. The van der Waals surface area contributed by atoms with Crippen LogP contribution in [0.5, 0.6) is 0 Å². The molecule has 2 heterocycles. The Morgan fingerprint density at radius 3 is 2.67 bits per heavy atom. The molecule has 0 amide bonds. The van der Waals surface area contributed by atoms with Gasteiger partial charge in [-0.15, -0.1) is 0 Å². The van der Waals surface area contributed by atoms with E-state index in [2.05, 4.69) is 35.6 Å². The van der Waals surface area contributed by atoms with Crippen LogP contribution in [0.25, 0.3) is 0 Å². The zero-order valence-corrected chi connectivity index (χ0v) is 10.7. The van der Waals surface area contributed by atoms with Crippen LogP contribution in [0.2, 0.25) is 0 Å². The van der Waals surface area contributed by atoms with E-state index in [-0.39, 0.29) is 5.72 Å². The summed E-state index contributed by atoms with van der Waals surface area (Å²) in [6.45, 7) is 2.49. The summed E-state index contributed by atoms with van der Waals surface area (Å²) >= 11 is 0. The van der Waals surface area contributed by atoms with Gasteiger partial charge in [-0.2, -0.15) is 0 Å². The third-order valence-corrected chi connectivity index (χ3v) is 3.94. The predicted octanol–water partition coefficient (Wildman–Crippen LogP) is 2.11. The fraction of sp³-hybridized carbons (Fsp3) is 0.600. The van der Waals surface area contributed by atoms with Crippen molar-refractivity contribution in [2.75, 3.05) is 19.8 Å². The lowest BCUT2D eigenvalue weighted by molar-refractivity contribution is -0.158. The van der Waals surface area contributed by atoms with Gasteiger partial charge >= 0.3 is 0 Å². The molecule has 3 rings (SSSR count). The highest BCUT2D eigenvalue weighted by Gasteiger charge is 2.38. The summed E-state index contributed by atoms with van der Waals surface area (Å²) in [5.74, 6) is 0. The molecule has 1 atom stereocenters. The number of hydrogen-bond acceptors (Lipinski definition) is 3. The van der Waals surface area contributed by atoms with Gasteiger partial charge in [0, 0.05) is 18.9 Å². The highest BCUT2D eigenvalue weighted by atomic mass is 16.5. The Bertz CT molecular complexity index is 368. The van der Waals surface area contributed by atoms with Crippen molar-refractivity contribution in [3.8, 4) is 0 Å². The summed E-state index contributed by atoms with van der Waals surface area (Å²) in [6, 6.07) is 11.2. The van der Waals surface area contributed by atoms with Gasteiger partial charge in [-0.1, -0.05) is 30.3 Å². The Morgan fingerprint density at radius 1 is 1.11 bits per heavy atom. The maximum absolute atomic E-state index is 5.98. The second kappa shape index (κ2) is 5.39. The third kappa shape index (κ3) is 2.74. The van der Waals surface area contributed by atoms with Crippen LogP contribution >= 0.6 is 0 Å². The zero-order chi connectivity index (χ0) is 12.3. The van der Waals surface area contributed by atoms with Gasteiger partial charge in [0.2, 0.25) is 0 Å². The molecular weight excluding hydrogens is 226 g/mol. The average Bonchev–Trinajstić information content (AvgIpc) is 2.41. The normalized spacial score (nSPS) is 27.2. The first kappa shape index (κ1) is 12.2. The Kier molecular flexibility index (Phi) is 3.64. The van der Waals surface area contributed by atoms with Crippen LogP contribution in [-0.4, -0.2) is 31.6 Å². The molecule has 0 radical (unpaired) electrons. The van der Waals surface area contributed by atoms with Crippen LogP contribution in [0.1, 0.15) is 24.8 Å². The van der Waals surface area contributed by atoms with E-state index < -0.39 is 0 Å². The SMILES string of the molecule is c1ccc(CC2CCOC3(CCOCC3)N2)cc1. The molecule has 0 saturated carbocycles. The Labute approximate surface area is 108 Å². The van der Waals surface area contributed by atoms with Crippen LogP contribution in [-0.2, 0) is 15.9 Å². The van der Waals surface area contributed by atoms with E-state index in [9.17, 15) is 0 Å². The number of ether oxygens (including phenoxy) is 2. The summed E-state index contributed by atoms with van der Waals surface area (Å²) in [6.07, 6.45) is 4.13. The lowest BCUT2D eigenvalue weighted by Gasteiger charge is -2.44. The summed E-state index contributed by atoms with van der Waals surface area (Å²) in [7, 11) is 0. The van der Waals surface area contributed by atoms with E-state index in [1.54, 1.807) is 0 Å². The van der Waals surface area contributed by atoms with E-state index in [1.165, 1.54) is 5.56 Å². The Morgan fingerprint density at radius 2 is 1.89 bits per heavy atom. The molecule has 0 bridgehead atoms. The van der Waals surface area contributed by atoms with Gasteiger partial charge in [-0.3, -0.25) is 5.32 Å². The van der Waals surface area contributed by atoms with Crippen molar-refractivity contribution in [1.82, 2.24) is 5.32 Å². The zero-order valence-electron chi connectivity index (χ0n) is 10.7. The highest BCUT2D eigenvalue weighted by molar-refractivity contribution is 5.16. The van der Waals surface area contributed by atoms with Crippen LogP contribution in [0, 0.1) is 0 Å². The van der Waals surface area contributed by atoms with Gasteiger partial charge in [0.1, 0.15) is 5.72 Å². The molecule has 0 aliphatic carbocycles. The molecule has 0 aromatic heterocycles. The van der Waals surface area contributed by atoms with Crippen molar-refractivity contribution in [3.05, 3.63) is 35.9 Å². The molecular formula is C15H21NO2. The minimum absolute atomic E-state index is 0.115. The molecule has 1 aromatic rings. The highest BCUT2D eigenvalue weighted by Crippen LogP contribution is 2.27. The van der Waals surface area contributed by atoms with Gasteiger partial charge in [0.25, 0.3) is 0 Å². The molecule has 3 nitrogen and oxygen atoms in total. The van der Waals surface area contributed by atoms with E-state index >= 15 is 0 Å². The van der Waals surface area contributed by atoms with Crippen LogP contribution in [0.15, 0.2) is 30.3 Å². The van der Waals surface area contributed by atoms with E-state index in [0.29, 0.717) is 6.04 Å². The number of rotatable bonds is 2. The molecule has 2 fully saturated rings. The maximum atomic E-state index is 5.98. The second-order valence-corrected chi connectivity index (χ2v) is 5.27. The second-order valence-electron chi connectivity index (χ2n) is 5.27. The molecule has 1 spiro atoms.